The summed E-state index contributed by atoms with van der Waals surface area (Å²) in [5, 5.41) is 0. The van der Waals surface area contributed by atoms with E-state index >= 15 is 0 Å². The fourth-order valence-corrected chi connectivity index (χ4v) is 2.74. The Labute approximate surface area is 121 Å². The summed E-state index contributed by atoms with van der Waals surface area (Å²) < 4.78 is 37.2. The molecule has 1 N–H and O–H groups in total. The van der Waals surface area contributed by atoms with Gasteiger partial charge in [-0.3, -0.25) is 4.98 Å². The van der Waals surface area contributed by atoms with Gasteiger partial charge in [-0.15, -0.1) is 0 Å². The van der Waals surface area contributed by atoms with E-state index in [0.717, 1.165) is 0 Å². The van der Waals surface area contributed by atoms with E-state index in [9.17, 15) is 8.42 Å². The average Bonchev–Trinajstić information content (AvgIpc) is 3.17. The normalized spacial score (nSPS) is 11.6. The minimum Gasteiger partial charge on any atom is -0.461 e. The van der Waals surface area contributed by atoms with Crippen LogP contribution in [0.5, 0.6) is 0 Å². The minimum absolute atomic E-state index is 0.0535. The highest BCUT2D eigenvalue weighted by atomic mass is 32.2. The highest BCUT2D eigenvalue weighted by Gasteiger charge is 2.15. The SMILES string of the molecule is O=S(=O)(NCc1ccc(-c2ccco2)o1)c1cccnc1. The molecule has 0 spiro atoms. The number of nitrogens with one attached hydrogen (secondary N) is 1. The number of furan rings is 2. The lowest BCUT2D eigenvalue weighted by Gasteiger charge is -2.04. The zero-order chi connectivity index (χ0) is 14.7. The van der Waals surface area contributed by atoms with E-state index in [0.29, 0.717) is 17.3 Å². The van der Waals surface area contributed by atoms with Gasteiger partial charge in [-0.05, 0) is 36.4 Å². The van der Waals surface area contributed by atoms with E-state index in [2.05, 4.69) is 9.71 Å². The van der Waals surface area contributed by atoms with Crippen molar-refractivity contribution in [2.45, 2.75) is 11.4 Å². The molecule has 3 aromatic heterocycles. The van der Waals surface area contributed by atoms with E-state index in [1.165, 1.54) is 18.5 Å². The van der Waals surface area contributed by atoms with E-state index in [1.54, 1.807) is 36.6 Å². The van der Waals surface area contributed by atoms with Crippen molar-refractivity contribution >= 4 is 10.0 Å². The zero-order valence-electron chi connectivity index (χ0n) is 10.9. The Kier molecular flexibility index (Phi) is 3.59. The molecule has 0 saturated heterocycles. The first-order valence-corrected chi connectivity index (χ1v) is 7.66. The van der Waals surface area contributed by atoms with Crippen LogP contribution >= 0.6 is 0 Å². The topological polar surface area (TPSA) is 85.3 Å². The monoisotopic (exact) mass is 304 g/mol. The molecule has 108 valence electrons. The van der Waals surface area contributed by atoms with Crippen LogP contribution in [0.15, 0.2) is 68.8 Å². The van der Waals surface area contributed by atoms with E-state index in [4.69, 9.17) is 8.83 Å². The third-order valence-electron chi connectivity index (χ3n) is 2.81. The molecular weight excluding hydrogens is 292 g/mol. The first-order chi connectivity index (χ1) is 10.1. The molecule has 0 amide bonds. The van der Waals surface area contributed by atoms with Gasteiger partial charge in [0, 0.05) is 12.4 Å². The van der Waals surface area contributed by atoms with Crippen molar-refractivity contribution in [1.29, 1.82) is 0 Å². The Hall–Kier alpha value is -2.38. The molecule has 3 heterocycles. The predicted octanol–water partition coefficient (Wildman–Crippen LogP) is 2.41. The van der Waals surface area contributed by atoms with Gasteiger partial charge >= 0.3 is 0 Å². The van der Waals surface area contributed by atoms with Gasteiger partial charge < -0.3 is 8.83 Å². The molecule has 0 aromatic carbocycles. The quantitative estimate of drug-likeness (QED) is 0.782. The van der Waals surface area contributed by atoms with Crippen LogP contribution < -0.4 is 4.72 Å². The lowest BCUT2D eigenvalue weighted by atomic mass is 10.3. The summed E-state index contributed by atoms with van der Waals surface area (Å²) in [6.07, 6.45) is 4.35. The molecule has 0 bridgehead atoms. The summed E-state index contributed by atoms with van der Waals surface area (Å²) in [7, 11) is -3.60. The molecule has 0 unspecified atom stereocenters. The highest BCUT2D eigenvalue weighted by molar-refractivity contribution is 7.89. The van der Waals surface area contributed by atoms with E-state index < -0.39 is 10.0 Å². The molecule has 0 saturated carbocycles. The van der Waals surface area contributed by atoms with Gasteiger partial charge in [0.25, 0.3) is 0 Å². The molecule has 7 heteroatoms. The van der Waals surface area contributed by atoms with Crippen molar-refractivity contribution in [1.82, 2.24) is 9.71 Å². The Morgan fingerprint density at radius 1 is 1.10 bits per heavy atom. The van der Waals surface area contributed by atoms with Gasteiger partial charge in [-0.25, -0.2) is 13.1 Å². The number of aromatic nitrogens is 1. The lowest BCUT2D eigenvalue weighted by Crippen LogP contribution is -2.23. The molecule has 0 aliphatic rings. The number of hydrogen-bond acceptors (Lipinski definition) is 5. The third-order valence-corrected chi connectivity index (χ3v) is 4.19. The van der Waals surface area contributed by atoms with Crippen LogP contribution in [-0.2, 0) is 16.6 Å². The van der Waals surface area contributed by atoms with Crippen molar-refractivity contribution in [2.75, 3.05) is 0 Å². The molecule has 0 atom stereocenters. The van der Waals surface area contributed by atoms with Crippen molar-refractivity contribution in [3.8, 4) is 11.5 Å². The summed E-state index contributed by atoms with van der Waals surface area (Å²) >= 11 is 0. The maximum atomic E-state index is 12.0. The summed E-state index contributed by atoms with van der Waals surface area (Å²) in [5.74, 6) is 1.64. The van der Waals surface area contributed by atoms with Crippen LogP contribution in [0.4, 0.5) is 0 Å². The van der Waals surface area contributed by atoms with E-state index in [1.807, 2.05) is 0 Å². The standard InChI is InChI=1S/C14H12N2O4S/c17-21(18,12-3-1-7-15-10-12)16-9-11-5-6-14(20-11)13-4-2-8-19-13/h1-8,10,16H,9H2. The van der Waals surface area contributed by atoms with Crippen LogP contribution in [-0.4, -0.2) is 13.4 Å². The molecule has 0 aliphatic heterocycles. The van der Waals surface area contributed by atoms with Crippen LogP contribution in [0.1, 0.15) is 5.76 Å². The Morgan fingerprint density at radius 3 is 2.71 bits per heavy atom. The second-order valence-electron chi connectivity index (χ2n) is 4.26. The zero-order valence-corrected chi connectivity index (χ0v) is 11.7. The van der Waals surface area contributed by atoms with Crippen LogP contribution in [0.25, 0.3) is 11.5 Å². The molecule has 3 aromatic rings. The van der Waals surface area contributed by atoms with Gasteiger partial charge in [0.15, 0.2) is 11.5 Å². The second kappa shape index (κ2) is 5.55. The van der Waals surface area contributed by atoms with Gasteiger partial charge in [-0.2, -0.15) is 0 Å². The summed E-state index contributed by atoms with van der Waals surface area (Å²) in [4.78, 5) is 3.90. The van der Waals surface area contributed by atoms with Crippen molar-refractivity contribution in [2.24, 2.45) is 0 Å². The van der Waals surface area contributed by atoms with E-state index in [-0.39, 0.29) is 11.4 Å². The van der Waals surface area contributed by atoms with Crippen molar-refractivity contribution < 1.29 is 17.3 Å². The number of rotatable bonds is 5. The molecule has 0 fully saturated rings. The first-order valence-electron chi connectivity index (χ1n) is 6.17. The summed E-state index contributed by atoms with van der Waals surface area (Å²) in [5.41, 5.74) is 0. The fraction of sp³-hybridized carbons (Fsp3) is 0.0714. The lowest BCUT2D eigenvalue weighted by molar-refractivity contribution is 0.485. The highest BCUT2D eigenvalue weighted by Crippen LogP contribution is 2.22. The van der Waals surface area contributed by atoms with Gasteiger partial charge in [0.1, 0.15) is 10.7 Å². The van der Waals surface area contributed by atoms with Gasteiger partial charge in [-0.1, -0.05) is 0 Å². The second-order valence-corrected chi connectivity index (χ2v) is 6.02. The Bertz CT molecular complexity index is 808. The molecule has 21 heavy (non-hydrogen) atoms. The maximum absolute atomic E-state index is 12.0. The van der Waals surface area contributed by atoms with Crippen molar-refractivity contribution in [3.63, 3.8) is 0 Å². The summed E-state index contributed by atoms with van der Waals surface area (Å²) in [6, 6.07) is 9.99. The van der Waals surface area contributed by atoms with Crippen molar-refractivity contribution in [3.05, 3.63) is 60.8 Å². The minimum atomic E-state index is -3.60. The molecule has 3 rings (SSSR count). The van der Waals surface area contributed by atoms with Crippen LogP contribution in [0.2, 0.25) is 0 Å². The van der Waals surface area contributed by atoms with Gasteiger partial charge in [0.2, 0.25) is 10.0 Å². The fourth-order valence-electron chi connectivity index (χ4n) is 1.78. The average molecular weight is 304 g/mol. The predicted molar refractivity (Wildman–Crippen MR) is 74.7 cm³/mol. The molecule has 0 aliphatic carbocycles. The number of pyridine rings is 1. The first kappa shape index (κ1) is 13.6. The Balaban J connectivity index is 1.71. The number of nitrogens with zero attached hydrogens (tertiary/aromatic N) is 1. The molecule has 0 radical (unpaired) electrons. The largest absolute Gasteiger partial charge is 0.461 e. The smallest absolute Gasteiger partial charge is 0.242 e. The van der Waals surface area contributed by atoms with Gasteiger partial charge in [0.05, 0.1) is 12.8 Å². The number of hydrogen-bond donors (Lipinski definition) is 1. The molecule has 6 nitrogen and oxygen atoms in total. The van der Waals surface area contributed by atoms with Crippen LogP contribution in [0, 0.1) is 0 Å². The number of sulfonamides is 1. The Morgan fingerprint density at radius 2 is 2.00 bits per heavy atom. The third kappa shape index (κ3) is 3.04. The maximum Gasteiger partial charge on any atom is 0.242 e. The molecular formula is C14H12N2O4S. The summed E-state index contributed by atoms with van der Waals surface area (Å²) in [6.45, 7) is 0.0535. The van der Waals surface area contributed by atoms with Crippen LogP contribution in [0.3, 0.4) is 0 Å².